The molecule has 0 saturated carbocycles. The number of hydrogen-bond acceptors (Lipinski definition) is 7. The minimum atomic E-state index is -4.80. The molecule has 30 heavy (non-hydrogen) atoms. The molecule has 1 aromatic carbocycles. The summed E-state index contributed by atoms with van der Waals surface area (Å²) in [5.74, 6) is 0.0438. The van der Waals surface area contributed by atoms with Gasteiger partial charge in [0.15, 0.2) is 0 Å². The fraction of sp³-hybridized carbons (Fsp3) is 0.353. The maximum atomic E-state index is 14.1. The molecule has 0 spiro atoms. The van der Waals surface area contributed by atoms with Crippen LogP contribution in [0, 0.1) is 0 Å². The summed E-state index contributed by atoms with van der Waals surface area (Å²) in [6, 6.07) is 3.60. The third kappa shape index (κ3) is 3.58. The molecule has 2 aliphatic heterocycles. The Labute approximate surface area is 179 Å². The summed E-state index contributed by atoms with van der Waals surface area (Å²) in [7, 11) is -3.61. The largest absolute Gasteiger partial charge is 0.435 e. The molecule has 0 bridgehead atoms. The van der Waals surface area contributed by atoms with Crippen molar-refractivity contribution in [1.82, 2.24) is 14.9 Å². The first-order valence-corrected chi connectivity index (χ1v) is 11.1. The zero-order valence-corrected chi connectivity index (χ0v) is 17.6. The maximum Gasteiger partial charge on any atom is 0.435 e. The summed E-state index contributed by atoms with van der Waals surface area (Å²) in [4.78, 5) is 14.3. The van der Waals surface area contributed by atoms with E-state index in [1.165, 1.54) is 17.2 Å². The zero-order chi connectivity index (χ0) is 21.9. The third-order valence-corrected chi connectivity index (χ3v) is 6.13. The van der Waals surface area contributed by atoms with E-state index in [4.69, 9.17) is 28.0 Å². The van der Waals surface area contributed by atoms with E-state index in [0.717, 1.165) is 18.4 Å². The Morgan fingerprint density at radius 3 is 2.43 bits per heavy atom. The van der Waals surface area contributed by atoms with Gasteiger partial charge in [0, 0.05) is 40.2 Å². The van der Waals surface area contributed by atoms with Crippen molar-refractivity contribution in [2.75, 3.05) is 6.26 Å². The van der Waals surface area contributed by atoms with Gasteiger partial charge in [0.25, 0.3) is 5.60 Å². The van der Waals surface area contributed by atoms with Crippen molar-refractivity contribution >= 4 is 38.9 Å². The molecule has 1 unspecified atom stereocenters. The van der Waals surface area contributed by atoms with E-state index in [9.17, 15) is 21.6 Å². The van der Waals surface area contributed by atoms with Crippen molar-refractivity contribution in [2.24, 2.45) is 5.16 Å². The second kappa shape index (κ2) is 6.96. The second-order valence-electron chi connectivity index (χ2n) is 7.01. The van der Waals surface area contributed by atoms with Crippen LogP contribution in [-0.2, 0) is 33.4 Å². The highest BCUT2D eigenvalue weighted by molar-refractivity contribution is 7.90. The molecular weight excluding hydrogens is 468 g/mol. The molecule has 13 heteroatoms. The van der Waals surface area contributed by atoms with Gasteiger partial charge in [-0.15, -0.1) is 0 Å². The van der Waals surface area contributed by atoms with Crippen molar-refractivity contribution in [1.29, 1.82) is 0 Å². The molecule has 7 nitrogen and oxygen atoms in total. The third-order valence-electron chi connectivity index (χ3n) is 4.83. The lowest BCUT2D eigenvalue weighted by Gasteiger charge is -2.30. The molecule has 0 N–H and O–H groups in total. The summed E-state index contributed by atoms with van der Waals surface area (Å²) in [6.07, 6.45) is -3.08. The zero-order valence-electron chi connectivity index (χ0n) is 15.2. The highest BCUT2D eigenvalue weighted by atomic mass is 35.5. The monoisotopic (exact) mass is 480 g/mol. The first-order chi connectivity index (χ1) is 13.9. The van der Waals surface area contributed by atoms with Crippen LogP contribution >= 0.6 is 23.2 Å². The lowest BCUT2D eigenvalue weighted by Crippen LogP contribution is -2.43. The molecule has 2 aliphatic rings. The number of nitrogens with zero attached hydrogens (tertiary/aromatic N) is 4. The molecule has 1 atom stereocenters. The maximum absolute atomic E-state index is 14.1. The minimum absolute atomic E-state index is 0.0373. The Morgan fingerprint density at radius 2 is 1.83 bits per heavy atom. The highest BCUT2D eigenvalue weighted by Crippen LogP contribution is 2.49. The number of benzene rings is 1. The standard InChI is InChI=1S/C17H13Cl2F3N4O3S/c1-30(27,28)15-23-6-9-7-26(8-13(9)24-15)14-5-16(29-25-14,17(20,21)22)10-2-11(18)4-12(19)3-10/h2-4,6H,5,7-8H2,1H3. The van der Waals surface area contributed by atoms with E-state index in [2.05, 4.69) is 15.1 Å². The summed E-state index contributed by atoms with van der Waals surface area (Å²) in [5, 5.41) is 3.43. The summed E-state index contributed by atoms with van der Waals surface area (Å²) < 4.78 is 65.5. The van der Waals surface area contributed by atoms with Gasteiger partial charge in [-0.3, -0.25) is 0 Å². The number of amidine groups is 1. The van der Waals surface area contributed by atoms with Gasteiger partial charge in [-0.25, -0.2) is 18.4 Å². The average molecular weight is 481 g/mol. The summed E-state index contributed by atoms with van der Waals surface area (Å²) in [6.45, 7) is 0.249. The van der Waals surface area contributed by atoms with E-state index in [0.29, 0.717) is 11.3 Å². The Balaban J connectivity index is 1.63. The Hall–Kier alpha value is -2.11. The van der Waals surface area contributed by atoms with Gasteiger partial charge >= 0.3 is 6.18 Å². The number of oxime groups is 1. The van der Waals surface area contributed by atoms with Gasteiger partial charge in [-0.1, -0.05) is 28.4 Å². The SMILES string of the molecule is CS(=O)(=O)c1ncc2c(n1)CN(C1=NOC(c3cc(Cl)cc(Cl)c3)(C(F)(F)F)C1)C2. The van der Waals surface area contributed by atoms with Crippen LogP contribution < -0.4 is 0 Å². The number of aromatic nitrogens is 2. The Morgan fingerprint density at radius 1 is 1.17 bits per heavy atom. The number of rotatable bonds is 2. The summed E-state index contributed by atoms with van der Waals surface area (Å²) in [5.41, 5.74) is -2.00. The van der Waals surface area contributed by atoms with Crippen LogP contribution in [0.3, 0.4) is 0 Å². The van der Waals surface area contributed by atoms with Crippen LogP contribution in [0.15, 0.2) is 34.7 Å². The number of halogens is 5. The van der Waals surface area contributed by atoms with Crippen LogP contribution in [0.4, 0.5) is 13.2 Å². The molecular formula is C17H13Cl2F3N4O3S. The van der Waals surface area contributed by atoms with E-state index in [1.807, 2.05) is 0 Å². The average Bonchev–Trinajstić information content (AvgIpc) is 3.24. The van der Waals surface area contributed by atoms with E-state index < -0.39 is 28.0 Å². The van der Waals surface area contributed by atoms with Crippen LogP contribution in [0.1, 0.15) is 23.2 Å². The molecule has 160 valence electrons. The summed E-state index contributed by atoms with van der Waals surface area (Å²) >= 11 is 11.8. The molecule has 0 fully saturated rings. The van der Waals surface area contributed by atoms with Gasteiger partial charge in [0.1, 0.15) is 5.84 Å². The van der Waals surface area contributed by atoms with Crippen LogP contribution in [0.5, 0.6) is 0 Å². The lowest BCUT2D eigenvalue weighted by molar-refractivity contribution is -0.275. The van der Waals surface area contributed by atoms with Gasteiger partial charge in [-0.05, 0) is 18.2 Å². The topological polar surface area (TPSA) is 84.8 Å². The molecule has 0 saturated heterocycles. The molecule has 2 aromatic rings. The van der Waals surface area contributed by atoms with Crippen LogP contribution in [-0.4, -0.2) is 41.6 Å². The predicted octanol–water partition coefficient (Wildman–Crippen LogP) is 3.69. The van der Waals surface area contributed by atoms with Crippen molar-refractivity contribution in [2.45, 2.75) is 36.4 Å². The predicted molar refractivity (Wildman–Crippen MR) is 102 cm³/mol. The van der Waals surface area contributed by atoms with Crippen molar-refractivity contribution in [3.8, 4) is 0 Å². The fourth-order valence-corrected chi connectivity index (χ4v) is 4.39. The van der Waals surface area contributed by atoms with Crippen molar-refractivity contribution in [3.63, 3.8) is 0 Å². The number of hydrogen-bond donors (Lipinski definition) is 0. The van der Waals surface area contributed by atoms with Crippen LogP contribution in [0.2, 0.25) is 10.0 Å². The highest BCUT2D eigenvalue weighted by Gasteiger charge is 2.63. The molecule has 1 aromatic heterocycles. The molecule has 0 amide bonds. The Kier molecular flexibility index (Phi) is 4.90. The second-order valence-corrected chi connectivity index (χ2v) is 9.79. The number of fused-ring (bicyclic) bond motifs is 1. The molecule has 3 heterocycles. The number of alkyl halides is 3. The van der Waals surface area contributed by atoms with E-state index in [-0.39, 0.29) is 39.7 Å². The van der Waals surface area contributed by atoms with Crippen molar-refractivity contribution in [3.05, 3.63) is 51.3 Å². The van der Waals surface area contributed by atoms with E-state index in [1.54, 1.807) is 0 Å². The first-order valence-electron chi connectivity index (χ1n) is 8.47. The van der Waals surface area contributed by atoms with Gasteiger partial charge < -0.3 is 9.74 Å². The Bertz CT molecular complexity index is 1150. The van der Waals surface area contributed by atoms with Gasteiger partial charge in [0.05, 0.1) is 18.7 Å². The molecule has 0 radical (unpaired) electrons. The van der Waals surface area contributed by atoms with E-state index >= 15 is 0 Å². The fourth-order valence-electron chi connectivity index (χ4n) is 3.34. The van der Waals surface area contributed by atoms with Crippen molar-refractivity contribution < 1.29 is 26.4 Å². The number of sulfone groups is 1. The minimum Gasteiger partial charge on any atom is -0.372 e. The van der Waals surface area contributed by atoms with Gasteiger partial charge in [-0.2, -0.15) is 13.2 Å². The quantitative estimate of drug-likeness (QED) is 0.609. The normalized spacial score (nSPS) is 21.4. The molecule has 4 rings (SSSR count). The first kappa shape index (κ1) is 21.1. The molecule has 0 aliphatic carbocycles. The smallest absolute Gasteiger partial charge is 0.372 e. The van der Waals surface area contributed by atoms with Gasteiger partial charge in [0.2, 0.25) is 15.0 Å². The lowest BCUT2D eigenvalue weighted by atomic mass is 9.89. The van der Waals surface area contributed by atoms with Crippen LogP contribution in [0.25, 0.3) is 0 Å².